The van der Waals surface area contributed by atoms with Gasteiger partial charge in [0.25, 0.3) is 15.9 Å². The maximum atomic E-state index is 12.6. The molecule has 3 aromatic carbocycles. The van der Waals surface area contributed by atoms with Crippen molar-refractivity contribution in [3.05, 3.63) is 94.0 Å². The molecular weight excluding hydrogens is 420 g/mol. The van der Waals surface area contributed by atoms with E-state index < -0.39 is 10.0 Å². The van der Waals surface area contributed by atoms with Gasteiger partial charge in [-0.1, -0.05) is 41.4 Å². The van der Waals surface area contributed by atoms with Crippen molar-refractivity contribution in [1.29, 1.82) is 0 Å². The summed E-state index contributed by atoms with van der Waals surface area (Å²) in [5.41, 5.74) is 3.68. The second kappa shape index (κ2) is 8.90. The van der Waals surface area contributed by atoms with Crippen LogP contribution in [-0.2, 0) is 10.0 Å². The Morgan fingerprint density at radius 2 is 1.57 bits per heavy atom. The molecule has 1 amide bonds. The number of aryl methyl sites for hydroxylation is 2. The van der Waals surface area contributed by atoms with Crippen molar-refractivity contribution in [3.8, 4) is 0 Å². The Hall–Kier alpha value is -2.83. The molecule has 0 aliphatic rings. The molecule has 30 heavy (non-hydrogen) atoms. The van der Waals surface area contributed by atoms with Crippen LogP contribution in [0, 0.1) is 13.8 Å². The number of hydrogen-bond donors (Lipinski definition) is 2. The third-order valence-corrected chi connectivity index (χ3v) is 6.42. The Balaban J connectivity index is 1.73. The molecule has 5 nitrogen and oxygen atoms in total. The van der Waals surface area contributed by atoms with Crippen LogP contribution in [0.15, 0.2) is 71.6 Å². The van der Waals surface area contributed by atoms with Gasteiger partial charge in [-0.15, -0.1) is 0 Å². The van der Waals surface area contributed by atoms with Crippen LogP contribution in [0.5, 0.6) is 0 Å². The van der Waals surface area contributed by atoms with Crippen LogP contribution >= 0.6 is 11.6 Å². The first-order valence-electron chi connectivity index (χ1n) is 9.42. The molecule has 0 fully saturated rings. The van der Waals surface area contributed by atoms with Gasteiger partial charge >= 0.3 is 0 Å². The van der Waals surface area contributed by atoms with E-state index in [1.54, 1.807) is 25.1 Å². The summed E-state index contributed by atoms with van der Waals surface area (Å²) in [6.45, 7) is 5.68. The molecule has 0 saturated carbocycles. The second-order valence-electron chi connectivity index (χ2n) is 7.19. The lowest BCUT2D eigenvalue weighted by atomic mass is 10.1. The van der Waals surface area contributed by atoms with Crippen molar-refractivity contribution < 1.29 is 13.2 Å². The molecule has 0 saturated heterocycles. The third kappa shape index (κ3) is 5.20. The highest BCUT2D eigenvalue weighted by atomic mass is 35.5. The Bertz CT molecular complexity index is 1160. The highest BCUT2D eigenvalue weighted by molar-refractivity contribution is 7.92. The predicted octanol–water partition coefficient (Wildman–Crippen LogP) is 5.25. The van der Waals surface area contributed by atoms with Crippen molar-refractivity contribution >= 4 is 33.2 Å². The molecule has 0 radical (unpaired) electrons. The molecule has 0 heterocycles. The number of anilines is 1. The predicted molar refractivity (Wildman–Crippen MR) is 120 cm³/mol. The molecule has 156 valence electrons. The number of amides is 1. The molecule has 3 rings (SSSR count). The lowest BCUT2D eigenvalue weighted by Crippen LogP contribution is -2.26. The Morgan fingerprint density at radius 3 is 2.17 bits per heavy atom. The zero-order valence-electron chi connectivity index (χ0n) is 16.9. The van der Waals surface area contributed by atoms with E-state index in [-0.39, 0.29) is 16.8 Å². The van der Waals surface area contributed by atoms with Gasteiger partial charge in [-0.25, -0.2) is 8.42 Å². The van der Waals surface area contributed by atoms with Crippen LogP contribution in [0.3, 0.4) is 0 Å². The molecular formula is C23H23ClN2O3S. The lowest BCUT2D eigenvalue weighted by molar-refractivity contribution is 0.0940. The van der Waals surface area contributed by atoms with Gasteiger partial charge in [0.05, 0.1) is 16.6 Å². The number of hydrogen-bond acceptors (Lipinski definition) is 3. The summed E-state index contributed by atoms with van der Waals surface area (Å²) in [4.78, 5) is 12.7. The molecule has 2 N–H and O–H groups in total. The van der Waals surface area contributed by atoms with E-state index in [1.807, 2.05) is 38.1 Å². The smallest absolute Gasteiger partial charge is 0.261 e. The van der Waals surface area contributed by atoms with Crippen molar-refractivity contribution in [3.63, 3.8) is 0 Å². The summed E-state index contributed by atoms with van der Waals surface area (Å²) in [5.74, 6) is -0.224. The number of benzene rings is 3. The average molecular weight is 443 g/mol. The molecule has 0 spiro atoms. The standard InChI is InChI=1S/C23H23ClN2O3S/c1-15-4-6-18(7-5-15)17(3)25-23(27)19-8-13-22(16(2)14-19)26-30(28,29)21-11-9-20(24)10-12-21/h4-14,17,26H,1-3H3,(H,25,27)/t17-/m0/s1. The average Bonchev–Trinajstić information content (AvgIpc) is 2.70. The molecule has 1 atom stereocenters. The van der Waals surface area contributed by atoms with E-state index in [2.05, 4.69) is 10.0 Å². The second-order valence-corrected chi connectivity index (χ2v) is 9.31. The van der Waals surface area contributed by atoms with Gasteiger partial charge in [0.2, 0.25) is 0 Å². The molecule has 0 aliphatic heterocycles. The van der Waals surface area contributed by atoms with E-state index in [0.29, 0.717) is 21.8 Å². The van der Waals surface area contributed by atoms with E-state index in [9.17, 15) is 13.2 Å². The minimum absolute atomic E-state index is 0.111. The number of carbonyl (C=O) groups excluding carboxylic acids is 1. The van der Waals surface area contributed by atoms with Gasteiger partial charge in [-0.3, -0.25) is 9.52 Å². The van der Waals surface area contributed by atoms with Crippen molar-refractivity contribution in [2.24, 2.45) is 0 Å². The van der Waals surface area contributed by atoms with Crippen LogP contribution in [0.4, 0.5) is 5.69 Å². The first-order chi connectivity index (χ1) is 14.2. The fourth-order valence-electron chi connectivity index (χ4n) is 2.96. The molecule has 7 heteroatoms. The van der Waals surface area contributed by atoms with Gasteiger partial charge in [0, 0.05) is 10.6 Å². The fraction of sp³-hybridized carbons (Fsp3) is 0.174. The van der Waals surface area contributed by atoms with E-state index in [0.717, 1.165) is 11.1 Å². The third-order valence-electron chi connectivity index (χ3n) is 4.78. The van der Waals surface area contributed by atoms with Gasteiger partial charge in [0.15, 0.2) is 0 Å². The highest BCUT2D eigenvalue weighted by Gasteiger charge is 2.17. The largest absolute Gasteiger partial charge is 0.346 e. The fourth-order valence-corrected chi connectivity index (χ4v) is 4.21. The van der Waals surface area contributed by atoms with Crippen LogP contribution in [-0.4, -0.2) is 14.3 Å². The summed E-state index contributed by atoms with van der Waals surface area (Å²) in [7, 11) is -3.75. The van der Waals surface area contributed by atoms with Crippen molar-refractivity contribution in [2.45, 2.75) is 31.7 Å². The minimum Gasteiger partial charge on any atom is -0.346 e. The zero-order valence-corrected chi connectivity index (χ0v) is 18.5. The van der Waals surface area contributed by atoms with Crippen molar-refractivity contribution in [1.82, 2.24) is 5.32 Å². The first-order valence-corrected chi connectivity index (χ1v) is 11.3. The monoisotopic (exact) mass is 442 g/mol. The van der Waals surface area contributed by atoms with Crippen LogP contribution in [0.25, 0.3) is 0 Å². The number of nitrogens with one attached hydrogen (secondary N) is 2. The van der Waals surface area contributed by atoms with Crippen LogP contribution < -0.4 is 10.0 Å². The van der Waals surface area contributed by atoms with Gasteiger partial charge in [0.1, 0.15) is 0 Å². The quantitative estimate of drug-likeness (QED) is 0.547. The number of sulfonamides is 1. The Labute approximate surface area is 182 Å². The molecule has 0 aliphatic carbocycles. The van der Waals surface area contributed by atoms with E-state index in [1.165, 1.54) is 24.3 Å². The van der Waals surface area contributed by atoms with Crippen LogP contribution in [0.2, 0.25) is 5.02 Å². The Morgan fingerprint density at radius 1 is 0.933 bits per heavy atom. The normalized spacial score (nSPS) is 12.3. The lowest BCUT2D eigenvalue weighted by Gasteiger charge is -2.16. The summed E-state index contributed by atoms with van der Waals surface area (Å²) in [5, 5.41) is 3.43. The minimum atomic E-state index is -3.75. The van der Waals surface area contributed by atoms with E-state index in [4.69, 9.17) is 11.6 Å². The summed E-state index contributed by atoms with van der Waals surface area (Å²) >= 11 is 5.82. The molecule has 0 bridgehead atoms. The molecule has 0 unspecified atom stereocenters. The number of carbonyl (C=O) groups is 1. The first kappa shape index (κ1) is 21.9. The maximum Gasteiger partial charge on any atom is 0.261 e. The SMILES string of the molecule is Cc1ccc([C@H](C)NC(=O)c2ccc(NS(=O)(=O)c3ccc(Cl)cc3)c(C)c2)cc1. The zero-order chi connectivity index (χ0) is 21.9. The maximum absolute atomic E-state index is 12.6. The molecule has 0 aromatic heterocycles. The number of rotatable bonds is 6. The Kier molecular flexibility index (Phi) is 6.48. The summed E-state index contributed by atoms with van der Waals surface area (Å²) in [6, 6.07) is 18.6. The van der Waals surface area contributed by atoms with Crippen molar-refractivity contribution in [2.75, 3.05) is 4.72 Å². The topological polar surface area (TPSA) is 75.3 Å². The van der Waals surface area contributed by atoms with E-state index >= 15 is 0 Å². The van der Waals surface area contributed by atoms with Gasteiger partial charge in [-0.05, 0) is 74.4 Å². The van der Waals surface area contributed by atoms with Gasteiger partial charge in [-0.2, -0.15) is 0 Å². The summed E-state index contributed by atoms with van der Waals surface area (Å²) in [6.07, 6.45) is 0. The number of halogens is 1. The van der Waals surface area contributed by atoms with Gasteiger partial charge < -0.3 is 5.32 Å². The molecule has 3 aromatic rings. The van der Waals surface area contributed by atoms with Crippen LogP contribution in [0.1, 0.15) is 40.0 Å². The summed E-state index contributed by atoms with van der Waals surface area (Å²) < 4.78 is 27.7. The highest BCUT2D eigenvalue weighted by Crippen LogP contribution is 2.22.